The van der Waals surface area contributed by atoms with Gasteiger partial charge in [-0.25, -0.2) is 9.97 Å². The molecule has 4 aromatic rings. The lowest BCUT2D eigenvalue weighted by Crippen LogP contribution is -1.98. The van der Waals surface area contributed by atoms with Crippen LogP contribution in [0.5, 0.6) is 11.5 Å². The van der Waals surface area contributed by atoms with Crippen molar-refractivity contribution in [3.05, 3.63) is 89.6 Å². The number of nitrogens with zero attached hydrogens (tertiary/aromatic N) is 2. The Hall–Kier alpha value is -2.83. The van der Waals surface area contributed by atoms with E-state index in [0.29, 0.717) is 16.8 Å². The fourth-order valence-electron chi connectivity index (χ4n) is 2.79. The molecule has 1 atom stereocenters. The molecule has 2 aromatic carbocycles. The molecule has 1 N–H and O–H groups in total. The van der Waals surface area contributed by atoms with Gasteiger partial charge in [-0.3, -0.25) is 0 Å². The number of ether oxygens (including phenoxy) is 1. The molecule has 0 spiro atoms. The van der Waals surface area contributed by atoms with Crippen LogP contribution in [0.1, 0.15) is 23.4 Å². The van der Waals surface area contributed by atoms with Gasteiger partial charge in [0.2, 0.25) is 0 Å². The summed E-state index contributed by atoms with van der Waals surface area (Å²) in [7, 11) is 0. The van der Waals surface area contributed by atoms with Crippen LogP contribution in [0.3, 0.4) is 0 Å². The highest BCUT2D eigenvalue weighted by Gasteiger charge is 2.13. The number of aryl methyl sites for hydroxylation is 1. The van der Waals surface area contributed by atoms with Crippen LogP contribution < -0.4 is 10.1 Å². The van der Waals surface area contributed by atoms with Gasteiger partial charge < -0.3 is 10.1 Å². The summed E-state index contributed by atoms with van der Waals surface area (Å²) in [5.74, 6) is 2.10. The molecule has 29 heavy (non-hydrogen) atoms. The standard InChI is InChI=1S/C23H21N3OS2/c1-16-15-28-23(25-16)26-22-21(27-19-11-7-4-8-12-19)13-20(14-24-22)29-17(2)18-9-5-3-6-10-18/h3-15,17H,1-2H3,(H,24,25,26). The van der Waals surface area contributed by atoms with Gasteiger partial charge >= 0.3 is 0 Å². The molecule has 4 rings (SSSR count). The van der Waals surface area contributed by atoms with Gasteiger partial charge in [0.1, 0.15) is 5.75 Å². The minimum atomic E-state index is 0.308. The first-order chi connectivity index (χ1) is 14.2. The summed E-state index contributed by atoms with van der Waals surface area (Å²) < 4.78 is 6.15. The predicted molar refractivity (Wildman–Crippen MR) is 122 cm³/mol. The average molecular weight is 420 g/mol. The van der Waals surface area contributed by atoms with Crippen LogP contribution in [0.15, 0.2) is 83.2 Å². The van der Waals surface area contributed by atoms with Gasteiger partial charge in [-0.1, -0.05) is 48.5 Å². The van der Waals surface area contributed by atoms with E-state index in [9.17, 15) is 0 Å². The number of pyridine rings is 1. The van der Waals surface area contributed by atoms with E-state index >= 15 is 0 Å². The number of rotatable bonds is 7. The summed E-state index contributed by atoms with van der Waals surface area (Å²) in [6.45, 7) is 4.17. The van der Waals surface area contributed by atoms with Crippen molar-refractivity contribution in [2.24, 2.45) is 0 Å². The second-order valence-electron chi connectivity index (χ2n) is 6.52. The molecule has 146 valence electrons. The molecule has 0 aliphatic carbocycles. The van der Waals surface area contributed by atoms with Crippen molar-refractivity contribution in [2.45, 2.75) is 24.0 Å². The number of para-hydroxylation sites is 1. The Morgan fingerprint density at radius 1 is 1.03 bits per heavy atom. The predicted octanol–water partition coefficient (Wildman–Crippen LogP) is 7.24. The second kappa shape index (κ2) is 9.11. The zero-order valence-electron chi connectivity index (χ0n) is 16.2. The number of aromatic nitrogens is 2. The molecule has 0 aliphatic heterocycles. The highest BCUT2D eigenvalue weighted by molar-refractivity contribution is 7.99. The Morgan fingerprint density at radius 3 is 2.45 bits per heavy atom. The third-order valence-corrected chi connectivity index (χ3v) is 6.22. The monoisotopic (exact) mass is 419 g/mol. The van der Waals surface area contributed by atoms with Crippen LogP contribution >= 0.6 is 23.1 Å². The van der Waals surface area contributed by atoms with Gasteiger partial charge in [0, 0.05) is 21.7 Å². The fourth-order valence-corrected chi connectivity index (χ4v) is 4.46. The molecular formula is C23H21N3OS2. The molecule has 0 saturated carbocycles. The van der Waals surface area contributed by atoms with Crippen LogP contribution in [0.4, 0.5) is 10.9 Å². The van der Waals surface area contributed by atoms with Crippen molar-refractivity contribution in [1.29, 1.82) is 0 Å². The quantitative estimate of drug-likeness (QED) is 0.320. The lowest BCUT2D eigenvalue weighted by Gasteiger charge is -2.15. The Labute approximate surface area is 179 Å². The maximum Gasteiger partial charge on any atom is 0.188 e. The SMILES string of the molecule is Cc1csc(Nc2ncc(SC(C)c3ccccc3)cc2Oc2ccccc2)n1. The molecule has 2 heterocycles. The minimum Gasteiger partial charge on any atom is -0.453 e. The largest absolute Gasteiger partial charge is 0.453 e. The lowest BCUT2D eigenvalue weighted by molar-refractivity contribution is 0.481. The smallest absolute Gasteiger partial charge is 0.188 e. The zero-order valence-corrected chi connectivity index (χ0v) is 17.8. The number of thioether (sulfide) groups is 1. The van der Waals surface area contributed by atoms with Crippen molar-refractivity contribution < 1.29 is 4.74 Å². The number of hydrogen-bond acceptors (Lipinski definition) is 6. The first-order valence-corrected chi connectivity index (χ1v) is 11.1. The summed E-state index contributed by atoms with van der Waals surface area (Å²) in [5, 5.41) is 6.40. The van der Waals surface area contributed by atoms with E-state index in [4.69, 9.17) is 4.74 Å². The molecule has 0 radical (unpaired) electrons. The summed E-state index contributed by atoms with van der Waals surface area (Å²) >= 11 is 3.31. The summed E-state index contributed by atoms with van der Waals surface area (Å²) in [5.41, 5.74) is 2.26. The molecule has 0 fully saturated rings. The maximum absolute atomic E-state index is 6.15. The van der Waals surface area contributed by atoms with Crippen LogP contribution in [-0.2, 0) is 0 Å². The van der Waals surface area contributed by atoms with Crippen LogP contribution in [-0.4, -0.2) is 9.97 Å². The van der Waals surface area contributed by atoms with E-state index in [2.05, 4.69) is 46.5 Å². The number of nitrogens with one attached hydrogen (secondary N) is 1. The van der Waals surface area contributed by atoms with Crippen molar-refractivity contribution in [3.63, 3.8) is 0 Å². The van der Waals surface area contributed by atoms with E-state index in [1.165, 1.54) is 5.56 Å². The van der Waals surface area contributed by atoms with Gasteiger partial charge in [-0.2, -0.15) is 0 Å². The van der Waals surface area contributed by atoms with E-state index in [-0.39, 0.29) is 0 Å². The first-order valence-electron chi connectivity index (χ1n) is 9.31. The summed E-state index contributed by atoms with van der Waals surface area (Å²) in [6.07, 6.45) is 1.88. The van der Waals surface area contributed by atoms with Gasteiger partial charge in [0.15, 0.2) is 16.7 Å². The Balaban J connectivity index is 1.61. The van der Waals surface area contributed by atoms with Crippen molar-refractivity contribution in [3.8, 4) is 11.5 Å². The van der Waals surface area contributed by atoms with E-state index < -0.39 is 0 Å². The van der Waals surface area contributed by atoms with Gasteiger partial charge in [-0.05, 0) is 37.6 Å². The number of anilines is 2. The first kappa shape index (κ1) is 19.5. The topological polar surface area (TPSA) is 47.0 Å². The molecule has 2 aromatic heterocycles. The summed E-state index contributed by atoms with van der Waals surface area (Å²) in [4.78, 5) is 10.2. The highest BCUT2D eigenvalue weighted by atomic mass is 32.2. The van der Waals surface area contributed by atoms with Crippen molar-refractivity contribution >= 4 is 34.0 Å². The highest BCUT2D eigenvalue weighted by Crippen LogP contribution is 2.39. The molecule has 4 nitrogen and oxygen atoms in total. The fraction of sp³-hybridized carbons (Fsp3) is 0.130. The number of hydrogen-bond donors (Lipinski definition) is 1. The average Bonchev–Trinajstić information content (AvgIpc) is 3.16. The molecule has 0 aliphatic rings. The molecular weight excluding hydrogens is 398 g/mol. The maximum atomic E-state index is 6.15. The molecule has 1 unspecified atom stereocenters. The third-order valence-electron chi connectivity index (χ3n) is 4.22. The van der Waals surface area contributed by atoms with Crippen LogP contribution in [0.25, 0.3) is 0 Å². The minimum absolute atomic E-state index is 0.308. The number of thiazole rings is 1. The van der Waals surface area contributed by atoms with E-state index in [0.717, 1.165) is 21.5 Å². The van der Waals surface area contributed by atoms with E-state index in [1.807, 2.05) is 61.0 Å². The Bertz CT molecular complexity index is 1070. The van der Waals surface area contributed by atoms with Gasteiger partial charge in [0.25, 0.3) is 0 Å². The van der Waals surface area contributed by atoms with E-state index in [1.54, 1.807) is 23.1 Å². The van der Waals surface area contributed by atoms with Gasteiger partial charge in [0.05, 0.1) is 5.69 Å². The van der Waals surface area contributed by atoms with Crippen molar-refractivity contribution in [2.75, 3.05) is 5.32 Å². The van der Waals surface area contributed by atoms with Gasteiger partial charge in [-0.15, -0.1) is 23.1 Å². The number of benzene rings is 2. The molecule has 6 heteroatoms. The van der Waals surface area contributed by atoms with Crippen molar-refractivity contribution in [1.82, 2.24) is 9.97 Å². The second-order valence-corrected chi connectivity index (χ2v) is 8.79. The zero-order chi connectivity index (χ0) is 20.1. The third kappa shape index (κ3) is 5.16. The molecule has 0 amide bonds. The Morgan fingerprint density at radius 2 is 1.76 bits per heavy atom. The normalized spacial score (nSPS) is 11.8. The van der Waals surface area contributed by atoms with Crippen LogP contribution in [0, 0.1) is 6.92 Å². The lowest BCUT2D eigenvalue weighted by atomic mass is 10.2. The molecule has 0 saturated heterocycles. The Kier molecular flexibility index (Phi) is 6.12. The van der Waals surface area contributed by atoms with Crippen LogP contribution in [0.2, 0.25) is 0 Å². The molecule has 0 bridgehead atoms. The summed E-state index contributed by atoms with van der Waals surface area (Å²) in [6, 6.07) is 22.2.